The van der Waals surface area contributed by atoms with Gasteiger partial charge in [0.1, 0.15) is 6.61 Å². The molecule has 3 N–H and O–H groups in total. The molecule has 0 spiro atoms. The molecule has 5 nitrogen and oxygen atoms in total. The molecule has 1 atom stereocenters. The average molecular weight is 255 g/mol. The quantitative estimate of drug-likeness (QED) is 0.581. The highest BCUT2D eigenvalue weighted by molar-refractivity contribution is 5.85. The number of hydrogen-bond donors (Lipinski definition) is 2. The van der Waals surface area contributed by atoms with E-state index in [1.54, 1.807) is 0 Å². The zero-order valence-electron chi connectivity index (χ0n) is 10.0. The van der Waals surface area contributed by atoms with Gasteiger partial charge >= 0.3 is 0 Å². The average Bonchev–Trinajstić information content (AvgIpc) is 2.17. The lowest BCUT2D eigenvalue weighted by molar-refractivity contribution is -0.126. The van der Waals surface area contributed by atoms with Gasteiger partial charge < -0.3 is 20.5 Å². The fourth-order valence-electron chi connectivity index (χ4n) is 0.917. The molecule has 0 aromatic heterocycles. The first-order valence-electron chi connectivity index (χ1n) is 5.34. The Morgan fingerprint density at radius 2 is 2.00 bits per heavy atom. The summed E-state index contributed by atoms with van der Waals surface area (Å²) < 4.78 is 10.1. The molecule has 0 saturated heterocycles. The first-order chi connectivity index (χ1) is 7.16. The summed E-state index contributed by atoms with van der Waals surface area (Å²) in [6.45, 7) is 6.17. The van der Waals surface area contributed by atoms with E-state index < -0.39 is 0 Å². The molecule has 0 aliphatic rings. The topological polar surface area (TPSA) is 73.6 Å². The number of carbonyl (C=O) groups is 1. The van der Waals surface area contributed by atoms with Crippen LogP contribution in [0.4, 0.5) is 0 Å². The van der Waals surface area contributed by atoms with Crippen LogP contribution in [-0.4, -0.2) is 44.9 Å². The first kappa shape index (κ1) is 18.0. The summed E-state index contributed by atoms with van der Waals surface area (Å²) in [5, 5.41) is 2.72. The number of halogens is 1. The third-order valence-corrected chi connectivity index (χ3v) is 1.73. The van der Waals surface area contributed by atoms with Crippen molar-refractivity contribution in [2.75, 3.05) is 33.0 Å². The molecule has 16 heavy (non-hydrogen) atoms. The van der Waals surface area contributed by atoms with Gasteiger partial charge in [-0.05, 0) is 20.3 Å². The van der Waals surface area contributed by atoms with Crippen molar-refractivity contribution in [3.8, 4) is 0 Å². The number of nitrogens with one attached hydrogen (secondary N) is 1. The number of ether oxygens (including phenoxy) is 2. The van der Waals surface area contributed by atoms with Gasteiger partial charge in [-0.3, -0.25) is 4.79 Å². The molecule has 0 aliphatic heterocycles. The smallest absolute Gasteiger partial charge is 0.246 e. The Bertz CT molecular complexity index is 168. The fraction of sp³-hybridized carbons (Fsp3) is 0.900. The third kappa shape index (κ3) is 13.6. The van der Waals surface area contributed by atoms with Crippen LogP contribution in [0.25, 0.3) is 0 Å². The van der Waals surface area contributed by atoms with Crippen LogP contribution in [0.3, 0.4) is 0 Å². The van der Waals surface area contributed by atoms with Gasteiger partial charge in [0.15, 0.2) is 0 Å². The molecular formula is C10H23ClN2O3. The van der Waals surface area contributed by atoms with E-state index >= 15 is 0 Å². The van der Waals surface area contributed by atoms with Gasteiger partial charge in [-0.2, -0.15) is 0 Å². The Labute approximate surface area is 103 Å². The molecule has 0 bridgehead atoms. The molecule has 6 heteroatoms. The first-order valence-corrected chi connectivity index (χ1v) is 5.34. The van der Waals surface area contributed by atoms with Gasteiger partial charge in [0.05, 0.1) is 13.2 Å². The normalized spacial score (nSPS) is 11.7. The van der Waals surface area contributed by atoms with Crippen LogP contribution in [0.15, 0.2) is 0 Å². The molecule has 0 radical (unpaired) electrons. The van der Waals surface area contributed by atoms with E-state index in [0.717, 1.165) is 6.42 Å². The summed E-state index contributed by atoms with van der Waals surface area (Å²) in [6.07, 6.45) is 0.782. The van der Waals surface area contributed by atoms with Crippen molar-refractivity contribution in [2.24, 2.45) is 5.73 Å². The maximum Gasteiger partial charge on any atom is 0.246 e. The molecule has 0 fully saturated rings. The molecule has 98 valence electrons. The Balaban J connectivity index is 0. The highest BCUT2D eigenvalue weighted by atomic mass is 35.5. The maximum atomic E-state index is 11.1. The lowest BCUT2D eigenvalue weighted by atomic mass is 10.2. The van der Waals surface area contributed by atoms with Crippen molar-refractivity contribution in [1.29, 1.82) is 0 Å². The van der Waals surface area contributed by atoms with Crippen LogP contribution in [0.5, 0.6) is 0 Å². The fourth-order valence-corrected chi connectivity index (χ4v) is 0.917. The molecule has 0 saturated carbocycles. The van der Waals surface area contributed by atoms with Crippen LogP contribution >= 0.6 is 12.4 Å². The third-order valence-electron chi connectivity index (χ3n) is 1.73. The highest BCUT2D eigenvalue weighted by Gasteiger charge is 2.01. The lowest BCUT2D eigenvalue weighted by Gasteiger charge is -2.07. The number of hydrogen-bond acceptors (Lipinski definition) is 4. The van der Waals surface area contributed by atoms with Crippen LogP contribution in [0, 0.1) is 0 Å². The second-order valence-electron chi connectivity index (χ2n) is 3.37. The van der Waals surface area contributed by atoms with Crippen LogP contribution in [0.1, 0.15) is 20.3 Å². The van der Waals surface area contributed by atoms with Crippen LogP contribution < -0.4 is 11.1 Å². The van der Waals surface area contributed by atoms with Gasteiger partial charge in [-0.1, -0.05) is 0 Å². The van der Waals surface area contributed by atoms with E-state index in [4.69, 9.17) is 15.2 Å². The molecule has 0 rings (SSSR count). The number of carbonyl (C=O) groups excluding carboxylic acids is 1. The summed E-state index contributed by atoms with van der Waals surface area (Å²) in [5.41, 5.74) is 5.53. The molecular weight excluding hydrogens is 232 g/mol. The second kappa shape index (κ2) is 12.7. The number of amides is 1. The molecule has 0 heterocycles. The Morgan fingerprint density at radius 3 is 2.56 bits per heavy atom. The zero-order chi connectivity index (χ0) is 11.5. The predicted octanol–water partition coefficient (Wildman–Crippen LogP) is 0.315. The molecule has 0 aromatic carbocycles. The van der Waals surface area contributed by atoms with Crippen LogP contribution in [0.2, 0.25) is 0 Å². The van der Waals surface area contributed by atoms with Crippen molar-refractivity contribution in [3.05, 3.63) is 0 Å². The summed E-state index contributed by atoms with van der Waals surface area (Å²) in [7, 11) is 0. The van der Waals surface area contributed by atoms with Crippen molar-refractivity contribution in [1.82, 2.24) is 5.32 Å². The van der Waals surface area contributed by atoms with E-state index in [2.05, 4.69) is 5.32 Å². The van der Waals surface area contributed by atoms with Crippen molar-refractivity contribution in [2.45, 2.75) is 26.3 Å². The van der Waals surface area contributed by atoms with E-state index in [1.165, 1.54) is 0 Å². The molecule has 1 unspecified atom stereocenters. The lowest BCUT2D eigenvalue weighted by Crippen LogP contribution is -2.31. The van der Waals surface area contributed by atoms with E-state index in [-0.39, 0.29) is 31.0 Å². The van der Waals surface area contributed by atoms with E-state index in [0.29, 0.717) is 26.4 Å². The minimum absolute atomic E-state index is 0. The molecule has 0 aliphatic carbocycles. The standard InChI is InChI=1S/C10H22N2O3.ClH/c1-3-14-6-7-15-8-10(13)12-5-4-9(2)11;/h9H,3-8,11H2,1-2H3,(H,12,13);1H. The monoisotopic (exact) mass is 254 g/mol. The summed E-state index contributed by atoms with van der Waals surface area (Å²) in [5.74, 6) is -0.104. The zero-order valence-corrected chi connectivity index (χ0v) is 10.8. The number of nitrogens with two attached hydrogens (primary N) is 1. The second-order valence-corrected chi connectivity index (χ2v) is 3.37. The Hall–Kier alpha value is -0.360. The van der Waals surface area contributed by atoms with Crippen molar-refractivity contribution < 1.29 is 14.3 Å². The van der Waals surface area contributed by atoms with Gasteiger partial charge in [0.2, 0.25) is 5.91 Å². The molecule has 1 amide bonds. The summed E-state index contributed by atoms with van der Waals surface area (Å²) in [6, 6.07) is 0.115. The van der Waals surface area contributed by atoms with Gasteiger partial charge in [-0.25, -0.2) is 0 Å². The number of rotatable bonds is 9. The largest absolute Gasteiger partial charge is 0.379 e. The maximum absolute atomic E-state index is 11.1. The van der Waals surface area contributed by atoms with Crippen LogP contribution in [-0.2, 0) is 14.3 Å². The SMILES string of the molecule is CCOCCOCC(=O)NCCC(C)N.Cl. The van der Waals surface area contributed by atoms with Gasteiger partial charge in [-0.15, -0.1) is 12.4 Å². The minimum atomic E-state index is -0.104. The summed E-state index contributed by atoms with van der Waals surface area (Å²) >= 11 is 0. The predicted molar refractivity (Wildman–Crippen MR) is 65.8 cm³/mol. The highest BCUT2D eigenvalue weighted by Crippen LogP contribution is 1.83. The van der Waals surface area contributed by atoms with E-state index in [9.17, 15) is 4.79 Å². The van der Waals surface area contributed by atoms with E-state index in [1.807, 2.05) is 13.8 Å². The molecule has 0 aromatic rings. The Morgan fingerprint density at radius 1 is 1.38 bits per heavy atom. The Kier molecular flexibility index (Phi) is 14.3. The van der Waals surface area contributed by atoms with Gasteiger partial charge in [0.25, 0.3) is 0 Å². The van der Waals surface area contributed by atoms with Crippen molar-refractivity contribution >= 4 is 18.3 Å². The minimum Gasteiger partial charge on any atom is -0.379 e. The summed E-state index contributed by atoms with van der Waals surface area (Å²) in [4.78, 5) is 11.1. The van der Waals surface area contributed by atoms with Gasteiger partial charge in [0, 0.05) is 19.2 Å². The van der Waals surface area contributed by atoms with Crippen molar-refractivity contribution in [3.63, 3.8) is 0 Å².